The minimum atomic E-state index is -0.0685. The van der Waals surface area contributed by atoms with E-state index in [0.717, 1.165) is 11.3 Å². The summed E-state index contributed by atoms with van der Waals surface area (Å²) in [6, 6.07) is 14.4. The van der Waals surface area contributed by atoms with Crippen LogP contribution in [0.25, 0.3) is 0 Å². The molecule has 110 valence electrons. The van der Waals surface area contributed by atoms with Gasteiger partial charge < -0.3 is 10.6 Å². The molecule has 0 aromatic heterocycles. The number of hydrogen-bond acceptors (Lipinski definition) is 2. The van der Waals surface area contributed by atoms with Gasteiger partial charge in [-0.15, -0.1) is 0 Å². The lowest BCUT2D eigenvalue weighted by atomic mass is 10.0. The molecule has 1 amide bonds. The highest BCUT2D eigenvalue weighted by Crippen LogP contribution is 2.23. The maximum atomic E-state index is 11.7. The van der Waals surface area contributed by atoms with Gasteiger partial charge in [-0.3, -0.25) is 4.79 Å². The Kier molecular flexibility index (Phi) is 4.63. The molecule has 0 saturated heterocycles. The molecular weight excluding hydrogens is 260 g/mol. The molecule has 0 aliphatic rings. The molecule has 0 aliphatic carbocycles. The van der Waals surface area contributed by atoms with Crippen molar-refractivity contribution in [1.82, 2.24) is 5.32 Å². The molecule has 1 atom stereocenters. The van der Waals surface area contributed by atoms with Gasteiger partial charge in [0.25, 0.3) is 5.91 Å². The standard InChI is InChI=1S/C18H22N2O/c1-12-5-8-15(9-6-12)14(3)20-17-11-16(18(21)19-4)10-7-13(17)2/h5-11,14,20H,1-4H3,(H,19,21). The zero-order valence-corrected chi connectivity index (χ0v) is 13.0. The Morgan fingerprint density at radius 1 is 1.05 bits per heavy atom. The summed E-state index contributed by atoms with van der Waals surface area (Å²) < 4.78 is 0. The SMILES string of the molecule is CNC(=O)c1ccc(C)c(NC(C)c2ccc(C)cc2)c1. The third-order valence-corrected chi connectivity index (χ3v) is 3.68. The summed E-state index contributed by atoms with van der Waals surface area (Å²) in [6.07, 6.45) is 0. The molecule has 1 unspecified atom stereocenters. The smallest absolute Gasteiger partial charge is 0.251 e. The van der Waals surface area contributed by atoms with Gasteiger partial charge in [0.1, 0.15) is 0 Å². The van der Waals surface area contributed by atoms with Crippen molar-refractivity contribution in [2.45, 2.75) is 26.8 Å². The van der Waals surface area contributed by atoms with Crippen molar-refractivity contribution in [2.75, 3.05) is 12.4 Å². The van der Waals surface area contributed by atoms with Crippen molar-refractivity contribution in [3.05, 3.63) is 64.7 Å². The zero-order chi connectivity index (χ0) is 15.4. The lowest BCUT2D eigenvalue weighted by molar-refractivity contribution is 0.0963. The van der Waals surface area contributed by atoms with E-state index in [1.54, 1.807) is 7.05 Å². The summed E-state index contributed by atoms with van der Waals surface area (Å²) in [7, 11) is 1.64. The van der Waals surface area contributed by atoms with E-state index in [4.69, 9.17) is 0 Å². The highest BCUT2D eigenvalue weighted by Gasteiger charge is 2.10. The first-order chi connectivity index (χ1) is 10.0. The van der Waals surface area contributed by atoms with Crippen molar-refractivity contribution in [1.29, 1.82) is 0 Å². The number of carbonyl (C=O) groups excluding carboxylic acids is 1. The quantitative estimate of drug-likeness (QED) is 0.894. The molecule has 2 rings (SSSR count). The average Bonchev–Trinajstić information content (AvgIpc) is 2.49. The number of nitrogens with one attached hydrogen (secondary N) is 2. The highest BCUT2D eigenvalue weighted by atomic mass is 16.1. The van der Waals surface area contributed by atoms with Crippen LogP contribution in [-0.4, -0.2) is 13.0 Å². The Balaban J connectivity index is 2.22. The van der Waals surface area contributed by atoms with Crippen LogP contribution in [-0.2, 0) is 0 Å². The second-order valence-corrected chi connectivity index (χ2v) is 5.39. The van der Waals surface area contributed by atoms with Gasteiger partial charge in [0.15, 0.2) is 0 Å². The molecule has 0 spiro atoms. The van der Waals surface area contributed by atoms with Crippen LogP contribution in [0.5, 0.6) is 0 Å². The molecular formula is C18H22N2O. The van der Waals surface area contributed by atoms with Gasteiger partial charge in [-0.05, 0) is 44.0 Å². The number of aryl methyl sites for hydroxylation is 2. The molecule has 21 heavy (non-hydrogen) atoms. The van der Waals surface area contributed by atoms with Gasteiger partial charge in [0, 0.05) is 24.3 Å². The Morgan fingerprint density at radius 2 is 1.71 bits per heavy atom. The van der Waals surface area contributed by atoms with E-state index in [0.29, 0.717) is 5.56 Å². The summed E-state index contributed by atoms with van der Waals surface area (Å²) >= 11 is 0. The molecule has 2 N–H and O–H groups in total. The first kappa shape index (κ1) is 15.1. The molecule has 0 fully saturated rings. The van der Waals surface area contributed by atoms with Crippen LogP contribution in [0.2, 0.25) is 0 Å². The van der Waals surface area contributed by atoms with Gasteiger partial charge in [-0.2, -0.15) is 0 Å². The van der Waals surface area contributed by atoms with Crippen LogP contribution in [0.1, 0.15) is 40.0 Å². The fourth-order valence-corrected chi connectivity index (χ4v) is 2.23. The van der Waals surface area contributed by atoms with Crippen molar-refractivity contribution in [2.24, 2.45) is 0 Å². The van der Waals surface area contributed by atoms with Crippen LogP contribution in [0.4, 0.5) is 5.69 Å². The number of benzene rings is 2. The summed E-state index contributed by atoms with van der Waals surface area (Å²) in [5.74, 6) is -0.0685. The molecule has 3 heteroatoms. The Bertz CT molecular complexity index is 632. The van der Waals surface area contributed by atoms with E-state index in [2.05, 4.69) is 48.7 Å². The third-order valence-electron chi connectivity index (χ3n) is 3.68. The van der Waals surface area contributed by atoms with Crippen LogP contribution in [0.15, 0.2) is 42.5 Å². The van der Waals surface area contributed by atoms with E-state index in [1.807, 2.05) is 25.1 Å². The maximum Gasteiger partial charge on any atom is 0.251 e. The van der Waals surface area contributed by atoms with Crippen LogP contribution in [0, 0.1) is 13.8 Å². The number of carbonyl (C=O) groups is 1. The first-order valence-electron chi connectivity index (χ1n) is 7.17. The lowest BCUT2D eigenvalue weighted by Gasteiger charge is -2.18. The van der Waals surface area contributed by atoms with Gasteiger partial charge in [0.2, 0.25) is 0 Å². The number of rotatable bonds is 4. The zero-order valence-electron chi connectivity index (χ0n) is 13.0. The first-order valence-corrected chi connectivity index (χ1v) is 7.17. The molecule has 0 aliphatic heterocycles. The molecule has 0 bridgehead atoms. The molecule has 0 radical (unpaired) electrons. The third kappa shape index (κ3) is 3.63. The van der Waals surface area contributed by atoms with Crippen molar-refractivity contribution in [3.8, 4) is 0 Å². The fourth-order valence-electron chi connectivity index (χ4n) is 2.23. The van der Waals surface area contributed by atoms with E-state index >= 15 is 0 Å². The van der Waals surface area contributed by atoms with Gasteiger partial charge in [-0.25, -0.2) is 0 Å². The van der Waals surface area contributed by atoms with Crippen molar-refractivity contribution in [3.63, 3.8) is 0 Å². The largest absolute Gasteiger partial charge is 0.378 e. The number of amides is 1. The highest BCUT2D eigenvalue weighted by molar-refractivity contribution is 5.95. The summed E-state index contributed by atoms with van der Waals surface area (Å²) in [5.41, 5.74) is 5.27. The topological polar surface area (TPSA) is 41.1 Å². The van der Waals surface area contributed by atoms with E-state index < -0.39 is 0 Å². The monoisotopic (exact) mass is 282 g/mol. The molecule has 0 heterocycles. The average molecular weight is 282 g/mol. The van der Waals surface area contributed by atoms with E-state index in [1.165, 1.54) is 11.1 Å². The predicted octanol–water partition coefficient (Wildman–Crippen LogP) is 3.84. The number of anilines is 1. The fraction of sp³-hybridized carbons (Fsp3) is 0.278. The van der Waals surface area contributed by atoms with Crippen LogP contribution >= 0.6 is 0 Å². The predicted molar refractivity (Wildman–Crippen MR) is 87.8 cm³/mol. The van der Waals surface area contributed by atoms with E-state index in [9.17, 15) is 4.79 Å². The van der Waals surface area contributed by atoms with E-state index in [-0.39, 0.29) is 11.9 Å². The Hall–Kier alpha value is -2.29. The normalized spacial score (nSPS) is 11.8. The van der Waals surface area contributed by atoms with Gasteiger partial charge in [-0.1, -0.05) is 35.9 Å². The summed E-state index contributed by atoms with van der Waals surface area (Å²) in [5, 5.41) is 6.14. The minimum absolute atomic E-state index is 0.0685. The maximum absolute atomic E-state index is 11.7. The molecule has 2 aromatic rings. The summed E-state index contributed by atoms with van der Waals surface area (Å²) in [4.78, 5) is 11.7. The Morgan fingerprint density at radius 3 is 2.33 bits per heavy atom. The summed E-state index contributed by atoms with van der Waals surface area (Å²) in [6.45, 7) is 6.24. The second-order valence-electron chi connectivity index (χ2n) is 5.39. The van der Waals surface area contributed by atoms with Gasteiger partial charge >= 0.3 is 0 Å². The van der Waals surface area contributed by atoms with Crippen LogP contribution in [0.3, 0.4) is 0 Å². The molecule has 3 nitrogen and oxygen atoms in total. The van der Waals surface area contributed by atoms with Crippen molar-refractivity contribution >= 4 is 11.6 Å². The molecule has 2 aromatic carbocycles. The van der Waals surface area contributed by atoms with Crippen LogP contribution < -0.4 is 10.6 Å². The van der Waals surface area contributed by atoms with Crippen molar-refractivity contribution < 1.29 is 4.79 Å². The molecule has 0 saturated carbocycles. The Labute approximate surface area is 126 Å². The lowest BCUT2D eigenvalue weighted by Crippen LogP contribution is -2.18. The second kappa shape index (κ2) is 6.44. The minimum Gasteiger partial charge on any atom is -0.378 e. The van der Waals surface area contributed by atoms with Gasteiger partial charge in [0.05, 0.1) is 0 Å². The number of hydrogen-bond donors (Lipinski definition) is 2.